The highest BCUT2D eigenvalue weighted by molar-refractivity contribution is 7.03. The molecule has 0 atom stereocenters. The summed E-state index contributed by atoms with van der Waals surface area (Å²) in [5, 5.41) is 5.58. The van der Waals surface area contributed by atoms with Crippen molar-refractivity contribution in [3.05, 3.63) is 47.0 Å². The molecule has 1 saturated heterocycles. The Hall–Kier alpha value is -2.54. The number of cyclic esters (lactones) is 1. The molecule has 0 radical (unpaired) electrons. The molecule has 21 heavy (non-hydrogen) atoms. The van der Waals surface area contributed by atoms with E-state index in [1.54, 1.807) is 35.7 Å². The van der Waals surface area contributed by atoms with Crippen LogP contribution in [0.5, 0.6) is 0 Å². The van der Waals surface area contributed by atoms with E-state index in [2.05, 4.69) is 9.59 Å². The predicted molar refractivity (Wildman–Crippen MR) is 78.4 cm³/mol. The summed E-state index contributed by atoms with van der Waals surface area (Å²) in [6, 6.07) is 6.90. The van der Waals surface area contributed by atoms with Crippen molar-refractivity contribution < 1.29 is 14.3 Å². The van der Waals surface area contributed by atoms with Gasteiger partial charge in [-0.15, -0.1) is 5.10 Å². The molecule has 2 heterocycles. The van der Waals surface area contributed by atoms with Gasteiger partial charge in [-0.1, -0.05) is 16.6 Å². The number of hydrogen-bond donors (Lipinski definition) is 0. The monoisotopic (exact) mass is 301 g/mol. The molecule has 0 aliphatic carbocycles. The lowest BCUT2D eigenvalue weighted by Gasteiger charge is -2.12. The quantitative estimate of drug-likeness (QED) is 0.640. The molecule has 1 aromatic heterocycles. The largest absolute Gasteiger partial charge is 0.447 e. The molecular weight excluding hydrogens is 290 g/mol. The van der Waals surface area contributed by atoms with Gasteiger partial charge in [-0.05, 0) is 35.8 Å². The number of benzene rings is 1. The van der Waals surface area contributed by atoms with Crippen LogP contribution in [0.4, 0.5) is 10.5 Å². The van der Waals surface area contributed by atoms with Crippen LogP contribution in [0.3, 0.4) is 0 Å². The van der Waals surface area contributed by atoms with Crippen molar-refractivity contribution >= 4 is 35.2 Å². The molecule has 1 aromatic carbocycles. The molecule has 0 spiro atoms. The number of carbonyl (C=O) groups excluding carboxylic acids is 2. The van der Waals surface area contributed by atoms with Crippen LogP contribution < -0.4 is 4.90 Å². The number of ketones is 1. The first kappa shape index (κ1) is 13.4. The summed E-state index contributed by atoms with van der Waals surface area (Å²) < 4.78 is 8.61. The molecule has 106 valence electrons. The van der Waals surface area contributed by atoms with Crippen LogP contribution in [-0.2, 0) is 4.74 Å². The smallest absolute Gasteiger partial charge is 0.414 e. The van der Waals surface area contributed by atoms with Crippen molar-refractivity contribution in [1.82, 2.24) is 9.59 Å². The van der Waals surface area contributed by atoms with Crippen molar-refractivity contribution in [3.8, 4) is 0 Å². The lowest BCUT2D eigenvalue weighted by Crippen LogP contribution is -2.23. The van der Waals surface area contributed by atoms with Gasteiger partial charge >= 0.3 is 6.09 Å². The van der Waals surface area contributed by atoms with Crippen molar-refractivity contribution in [2.45, 2.75) is 0 Å². The number of aromatic nitrogens is 2. The fraction of sp³-hybridized carbons (Fsp3) is 0.143. The summed E-state index contributed by atoms with van der Waals surface area (Å²) in [5.41, 5.74) is 1.81. The number of amides is 1. The van der Waals surface area contributed by atoms with Gasteiger partial charge in [-0.25, -0.2) is 4.79 Å². The second-order valence-corrected chi connectivity index (χ2v) is 4.95. The summed E-state index contributed by atoms with van der Waals surface area (Å²) in [7, 11) is 0. The molecule has 7 heteroatoms. The lowest BCUT2D eigenvalue weighted by molar-refractivity contribution is 0.104. The van der Waals surface area contributed by atoms with E-state index in [4.69, 9.17) is 4.74 Å². The third-order valence-corrected chi connectivity index (χ3v) is 3.51. The predicted octanol–water partition coefficient (Wildman–Crippen LogP) is 2.39. The lowest BCUT2D eigenvalue weighted by atomic mass is 10.1. The maximum absolute atomic E-state index is 12.1. The van der Waals surface area contributed by atoms with Crippen LogP contribution in [0.1, 0.15) is 16.1 Å². The molecule has 0 saturated carbocycles. The Bertz CT molecular complexity index is 697. The van der Waals surface area contributed by atoms with Crippen molar-refractivity contribution in [1.29, 1.82) is 0 Å². The first-order valence-corrected chi connectivity index (χ1v) is 7.11. The van der Waals surface area contributed by atoms with E-state index >= 15 is 0 Å². The SMILES string of the molecule is O=C(/C=C/c1csnn1)c1cccc(N2CCOC2=O)c1. The van der Waals surface area contributed by atoms with E-state index in [9.17, 15) is 9.59 Å². The Morgan fingerprint density at radius 3 is 3.05 bits per heavy atom. The standard InChI is InChI=1S/C14H11N3O3S/c18-13(5-4-11-9-21-16-15-11)10-2-1-3-12(8-10)17-6-7-20-14(17)19/h1-5,8-9H,6-7H2/b5-4+. The zero-order chi connectivity index (χ0) is 14.7. The van der Waals surface area contributed by atoms with Gasteiger partial charge in [0.2, 0.25) is 0 Å². The number of ether oxygens (including phenoxy) is 1. The molecule has 1 amide bonds. The van der Waals surface area contributed by atoms with Gasteiger partial charge in [0, 0.05) is 16.6 Å². The molecule has 0 N–H and O–H groups in total. The number of carbonyl (C=O) groups is 2. The van der Waals surface area contributed by atoms with Gasteiger partial charge in [0.15, 0.2) is 5.78 Å². The minimum absolute atomic E-state index is 0.155. The number of anilines is 1. The normalized spacial score (nSPS) is 14.7. The first-order chi connectivity index (χ1) is 10.2. The van der Waals surface area contributed by atoms with Gasteiger partial charge in [-0.3, -0.25) is 9.69 Å². The Morgan fingerprint density at radius 1 is 1.43 bits per heavy atom. The molecule has 2 aromatic rings. The molecule has 1 aliphatic heterocycles. The number of allylic oxidation sites excluding steroid dienone is 1. The van der Waals surface area contributed by atoms with Crippen molar-refractivity contribution in [2.75, 3.05) is 18.1 Å². The Kier molecular flexibility index (Phi) is 3.74. The minimum atomic E-state index is -0.385. The second kappa shape index (κ2) is 5.84. The van der Waals surface area contributed by atoms with Crippen molar-refractivity contribution in [2.24, 2.45) is 0 Å². The zero-order valence-electron chi connectivity index (χ0n) is 10.9. The molecule has 1 aliphatic rings. The molecular formula is C14H11N3O3S. The molecule has 6 nitrogen and oxygen atoms in total. The average molecular weight is 301 g/mol. The number of rotatable bonds is 4. The molecule has 0 bridgehead atoms. The van der Waals surface area contributed by atoms with Crippen LogP contribution in [0.2, 0.25) is 0 Å². The van der Waals surface area contributed by atoms with E-state index in [0.717, 1.165) is 0 Å². The molecule has 3 rings (SSSR count). The molecule has 0 unspecified atom stereocenters. The summed E-state index contributed by atoms with van der Waals surface area (Å²) in [5.74, 6) is -0.155. The van der Waals surface area contributed by atoms with Crippen LogP contribution >= 0.6 is 11.5 Å². The number of hydrogen-bond acceptors (Lipinski definition) is 6. The Labute approximate surface area is 124 Å². The van der Waals surface area contributed by atoms with E-state index < -0.39 is 0 Å². The van der Waals surface area contributed by atoms with Gasteiger partial charge in [0.25, 0.3) is 0 Å². The van der Waals surface area contributed by atoms with Crippen LogP contribution in [-0.4, -0.2) is 34.6 Å². The summed E-state index contributed by atoms with van der Waals surface area (Å²) >= 11 is 1.22. The van der Waals surface area contributed by atoms with E-state index in [0.29, 0.717) is 30.1 Å². The highest BCUT2D eigenvalue weighted by Gasteiger charge is 2.23. The second-order valence-electron chi connectivity index (χ2n) is 4.34. The number of nitrogens with zero attached hydrogens (tertiary/aromatic N) is 3. The van der Waals surface area contributed by atoms with Gasteiger partial charge in [-0.2, -0.15) is 0 Å². The Morgan fingerprint density at radius 2 is 2.33 bits per heavy atom. The van der Waals surface area contributed by atoms with Gasteiger partial charge in [0.1, 0.15) is 6.61 Å². The third kappa shape index (κ3) is 2.97. The topological polar surface area (TPSA) is 72.4 Å². The summed E-state index contributed by atoms with van der Waals surface area (Å²) in [6.07, 6.45) is 2.67. The maximum Gasteiger partial charge on any atom is 0.414 e. The minimum Gasteiger partial charge on any atom is -0.447 e. The van der Waals surface area contributed by atoms with E-state index in [1.807, 2.05) is 0 Å². The van der Waals surface area contributed by atoms with Crippen LogP contribution in [0.15, 0.2) is 35.7 Å². The highest BCUT2D eigenvalue weighted by Crippen LogP contribution is 2.20. The molecule has 1 fully saturated rings. The highest BCUT2D eigenvalue weighted by atomic mass is 32.1. The first-order valence-electron chi connectivity index (χ1n) is 6.28. The summed E-state index contributed by atoms with van der Waals surface area (Å²) in [6.45, 7) is 0.866. The van der Waals surface area contributed by atoms with E-state index in [1.165, 1.54) is 22.5 Å². The van der Waals surface area contributed by atoms with Gasteiger partial charge in [0.05, 0.1) is 12.2 Å². The summed E-state index contributed by atoms with van der Waals surface area (Å²) in [4.78, 5) is 25.2. The Balaban J connectivity index is 1.79. The van der Waals surface area contributed by atoms with Crippen molar-refractivity contribution in [3.63, 3.8) is 0 Å². The van der Waals surface area contributed by atoms with Crippen LogP contribution in [0.25, 0.3) is 6.08 Å². The fourth-order valence-electron chi connectivity index (χ4n) is 1.96. The van der Waals surface area contributed by atoms with Gasteiger partial charge < -0.3 is 4.74 Å². The fourth-order valence-corrected chi connectivity index (χ4v) is 2.38. The zero-order valence-corrected chi connectivity index (χ0v) is 11.7. The van der Waals surface area contributed by atoms with Crippen LogP contribution in [0, 0.1) is 0 Å². The maximum atomic E-state index is 12.1. The van der Waals surface area contributed by atoms with E-state index in [-0.39, 0.29) is 11.9 Å². The average Bonchev–Trinajstić information content (AvgIpc) is 3.16. The third-order valence-electron chi connectivity index (χ3n) is 2.99.